The number of hydrogen-bond acceptors (Lipinski definition) is 4. The van der Waals surface area contributed by atoms with Gasteiger partial charge in [-0.2, -0.15) is 0 Å². The largest absolute Gasteiger partial charge is 0.384 e. The first-order chi connectivity index (χ1) is 15.9. The molecule has 5 nitrogen and oxygen atoms in total. The van der Waals surface area contributed by atoms with Gasteiger partial charge in [-0.05, 0) is 61.1 Å². The molecule has 7 heteroatoms. The summed E-state index contributed by atoms with van der Waals surface area (Å²) < 4.78 is 13.1. The Hall–Kier alpha value is -1.41. The van der Waals surface area contributed by atoms with Crippen LogP contribution in [-0.4, -0.2) is 45.4 Å². The number of rotatable bonds is 0. The van der Waals surface area contributed by atoms with Crippen molar-refractivity contribution in [2.75, 3.05) is 49.7 Å². The lowest BCUT2D eigenvalue weighted by Gasteiger charge is -2.34. The maximum atomic E-state index is 11.8. The molecule has 0 aliphatic carbocycles. The molecule has 0 aromatic heterocycles. The summed E-state index contributed by atoms with van der Waals surface area (Å²) in [6.07, 6.45) is 4.31. The smallest absolute Gasteiger partial charge is 0.223 e. The summed E-state index contributed by atoms with van der Waals surface area (Å²) in [5, 5.41) is 3.52. The molecule has 176 valence electrons. The summed E-state index contributed by atoms with van der Waals surface area (Å²) >= 11 is 7.00. The van der Waals surface area contributed by atoms with Gasteiger partial charge in [0.1, 0.15) is 0 Å². The van der Waals surface area contributed by atoms with Crippen LogP contribution in [0.15, 0.2) is 45.3 Å². The van der Waals surface area contributed by atoms with Crippen molar-refractivity contribution in [1.82, 2.24) is 0 Å². The van der Waals surface area contributed by atoms with E-state index in [2.05, 4.69) is 73.6 Å². The first-order valence-corrected chi connectivity index (χ1v) is 13.3. The Kier molecular flexibility index (Phi) is 6.60. The summed E-state index contributed by atoms with van der Waals surface area (Å²) in [6, 6.07) is 12.9. The number of halogens is 2. The number of ether oxygens (including phenoxy) is 2. The summed E-state index contributed by atoms with van der Waals surface area (Å²) in [6.45, 7) is 6.90. The average Bonchev–Trinajstić information content (AvgIpc) is 3.31. The quantitative estimate of drug-likeness (QED) is 0.431. The van der Waals surface area contributed by atoms with E-state index >= 15 is 0 Å². The zero-order valence-corrected chi connectivity index (χ0v) is 22.1. The number of amides is 1. The van der Waals surface area contributed by atoms with Crippen molar-refractivity contribution in [3.05, 3.63) is 56.5 Å². The van der Waals surface area contributed by atoms with Crippen LogP contribution < -0.4 is 10.2 Å². The molecular formula is C26H30Br2N2O3. The van der Waals surface area contributed by atoms with Crippen LogP contribution in [0.25, 0.3) is 0 Å². The van der Waals surface area contributed by atoms with Crippen molar-refractivity contribution >= 4 is 49.1 Å². The number of fused-ring (bicyclic) bond motifs is 4. The summed E-state index contributed by atoms with van der Waals surface area (Å²) in [4.78, 5) is 13.7. The fraction of sp³-hybridized carbons (Fsp3) is 0.500. The maximum absolute atomic E-state index is 11.8. The van der Waals surface area contributed by atoms with Crippen LogP contribution in [0.1, 0.15) is 43.7 Å². The molecule has 4 heterocycles. The number of carbonyl (C=O) groups is 1. The van der Waals surface area contributed by atoms with E-state index in [4.69, 9.17) is 9.47 Å². The van der Waals surface area contributed by atoms with Gasteiger partial charge in [-0.1, -0.05) is 44.0 Å². The lowest BCUT2D eigenvalue weighted by Crippen LogP contribution is -2.40. The van der Waals surface area contributed by atoms with Crippen molar-refractivity contribution < 1.29 is 14.3 Å². The van der Waals surface area contributed by atoms with E-state index in [0.29, 0.717) is 5.41 Å². The second-order valence-corrected chi connectivity index (χ2v) is 11.4. The van der Waals surface area contributed by atoms with Gasteiger partial charge in [0.25, 0.3) is 0 Å². The van der Waals surface area contributed by atoms with Gasteiger partial charge >= 0.3 is 0 Å². The van der Waals surface area contributed by atoms with E-state index in [0.717, 1.165) is 79.8 Å². The first-order valence-electron chi connectivity index (χ1n) is 11.7. The number of nitrogens with zero attached hydrogens (tertiary/aromatic N) is 1. The predicted octanol–water partition coefficient (Wildman–Crippen LogP) is 5.79. The van der Waals surface area contributed by atoms with Gasteiger partial charge in [0.15, 0.2) is 0 Å². The molecule has 0 atom stereocenters. The molecule has 2 fully saturated rings. The van der Waals surface area contributed by atoms with Crippen LogP contribution in [-0.2, 0) is 25.1 Å². The van der Waals surface area contributed by atoms with Crippen molar-refractivity contribution in [1.29, 1.82) is 0 Å². The third kappa shape index (κ3) is 4.38. The Balaban J connectivity index is 0.000000140. The molecule has 4 aliphatic heterocycles. The summed E-state index contributed by atoms with van der Waals surface area (Å²) in [5.74, 6) is 0.123. The molecule has 6 rings (SSSR count). The van der Waals surface area contributed by atoms with Crippen LogP contribution in [0.5, 0.6) is 0 Å². The van der Waals surface area contributed by atoms with Crippen LogP contribution in [0, 0.1) is 0 Å². The highest BCUT2D eigenvalue weighted by atomic mass is 79.9. The third-order valence-corrected chi connectivity index (χ3v) is 8.72. The normalized spacial score (nSPS) is 21.7. The molecule has 33 heavy (non-hydrogen) atoms. The van der Waals surface area contributed by atoms with Gasteiger partial charge in [-0.25, -0.2) is 0 Å². The second-order valence-electron chi connectivity index (χ2n) is 9.60. The standard InChI is InChI=1S/C14H16BrNO2.C12H14BrNO/c1-10(17)16-9-14(4-6-18-7-5-14)12-3-2-11(15)8-13(12)16;13-9-1-2-10-11(7-9)14-8-12(10)3-5-15-6-4-12/h2-3,8H,4-7,9H2,1H3;1-2,7,14H,3-6,8H2. The molecule has 0 unspecified atom stereocenters. The molecule has 1 amide bonds. The lowest BCUT2D eigenvalue weighted by atomic mass is 9.76. The fourth-order valence-corrected chi connectivity index (χ4v) is 6.52. The monoisotopic (exact) mass is 576 g/mol. The van der Waals surface area contributed by atoms with E-state index in [1.807, 2.05) is 4.90 Å². The zero-order valence-electron chi connectivity index (χ0n) is 19.0. The number of carbonyl (C=O) groups excluding carboxylic acids is 1. The van der Waals surface area contributed by atoms with Gasteiger partial charge < -0.3 is 19.7 Å². The van der Waals surface area contributed by atoms with Crippen molar-refractivity contribution in [2.45, 2.75) is 43.4 Å². The zero-order chi connectivity index (χ0) is 23.1. The van der Waals surface area contributed by atoms with Crippen LogP contribution >= 0.6 is 31.9 Å². The number of hydrogen-bond donors (Lipinski definition) is 1. The maximum Gasteiger partial charge on any atom is 0.223 e. The van der Waals surface area contributed by atoms with E-state index < -0.39 is 0 Å². The summed E-state index contributed by atoms with van der Waals surface area (Å²) in [7, 11) is 0. The van der Waals surface area contributed by atoms with Crippen molar-refractivity contribution in [2.24, 2.45) is 0 Å². The van der Waals surface area contributed by atoms with Gasteiger partial charge in [-0.15, -0.1) is 0 Å². The Bertz CT molecular complexity index is 1050. The van der Waals surface area contributed by atoms with Gasteiger partial charge in [0.05, 0.1) is 0 Å². The summed E-state index contributed by atoms with van der Waals surface area (Å²) in [5.41, 5.74) is 5.61. The lowest BCUT2D eigenvalue weighted by molar-refractivity contribution is -0.116. The molecule has 1 N–H and O–H groups in total. The minimum Gasteiger partial charge on any atom is -0.384 e. The van der Waals surface area contributed by atoms with E-state index in [-0.39, 0.29) is 11.3 Å². The molecule has 0 bridgehead atoms. The topological polar surface area (TPSA) is 50.8 Å². The molecule has 2 aromatic rings. The highest BCUT2D eigenvalue weighted by molar-refractivity contribution is 9.10. The van der Waals surface area contributed by atoms with Crippen molar-refractivity contribution in [3.63, 3.8) is 0 Å². The Labute approximate surface area is 212 Å². The number of anilines is 2. The molecule has 0 radical (unpaired) electrons. The molecule has 0 saturated carbocycles. The van der Waals surface area contributed by atoms with Crippen LogP contribution in [0.3, 0.4) is 0 Å². The van der Waals surface area contributed by atoms with E-state index in [1.54, 1.807) is 6.92 Å². The van der Waals surface area contributed by atoms with E-state index in [1.165, 1.54) is 16.8 Å². The van der Waals surface area contributed by atoms with Gasteiger partial charge in [0, 0.05) is 77.6 Å². The highest BCUT2D eigenvalue weighted by Crippen LogP contribution is 2.47. The highest BCUT2D eigenvalue weighted by Gasteiger charge is 2.45. The fourth-order valence-electron chi connectivity index (χ4n) is 5.81. The molecule has 2 spiro atoms. The molecular weight excluding hydrogens is 548 g/mol. The Morgan fingerprint density at radius 3 is 2.09 bits per heavy atom. The Morgan fingerprint density at radius 1 is 0.879 bits per heavy atom. The predicted molar refractivity (Wildman–Crippen MR) is 138 cm³/mol. The van der Waals surface area contributed by atoms with Crippen molar-refractivity contribution in [3.8, 4) is 0 Å². The SMILES string of the molecule is Brc1ccc2c(c1)NCC21CCOCC1.CC(=O)N1CC2(CCOCC2)c2ccc(Br)cc21. The molecule has 2 aromatic carbocycles. The van der Waals surface area contributed by atoms with Crippen LogP contribution in [0.4, 0.5) is 11.4 Å². The minimum atomic E-state index is 0.111. The molecule has 4 aliphatic rings. The Morgan fingerprint density at radius 2 is 1.45 bits per heavy atom. The first kappa shape index (κ1) is 23.3. The second kappa shape index (κ2) is 9.33. The van der Waals surface area contributed by atoms with E-state index in [9.17, 15) is 4.79 Å². The van der Waals surface area contributed by atoms with Crippen LogP contribution in [0.2, 0.25) is 0 Å². The van der Waals surface area contributed by atoms with Gasteiger partial charge in [0.2, 0.25) is 5.91 Å². The minimum absolute atomic E-state index is 0.111. The van der Waals surface area contributed by atoms with Gasteiger partial charge in [-0.3, -0.25) is 4.79 Å². The average molecular weight is 578 g/mol. The number of nitrogens with one attached hydrogen (secondary N) is 1. The molecule has 2 saturated heterocycles. The number of benzene rings is 2. The third-order valence-electron chi connectivity index (χ3n) is 7.73.